The highest BCUT2D eigenvalue weighted by Crippen LogP contribution is 2.31. The summed E-state index contributed by atoms with van der Waals surface area (Å²) in [4.78, 5) is 4.40. The quantitative estimate of drug-likeness (QED) is 0.276. The van der Waals surface area contributed by atoms with Crippen LogP contribution in [0.2, 0.25) is 0 Å². The Morgan fingerprint density at radius 2 is 2.35 bits per heavy atom. The van der Waals surface area contributed by atoms with Crippen molar-refractivity contribution in [2.45, 2.75) is 31.8 Å². The first kappa shape index (κ1) is 15.4. The number of nitrogens with zero attached hydrogens (tertiary/aromatic N) is 3. The van der Waals surface area contributed by atoms with Crippen molar-refractivity contribution in [3.63, 3.8) is 0 Å². The lowest BCUT2D eigenvalue weighted by Crippen LogP contribution is -2.07. The minimum atomic E-state index is -0.792. The first-order valence-corrected chi connectivity index (χ1v) is 7.99. The molecule has 4 heteroatoms. The summed E-state index contributed by atoms with van der Waals surface area (Å²) in [6, 6.07) is 8.47. The van der Waals surface area contributed by atoms with Crippen molar-refractivity contribution >= 4 is 28.2 Å². The smallest absolute Gasteiger partial charge is 0.184 e. The molecule has 0 saturated carbocycles. The number of aromatic nitrogens is 1. The van der Waals surface area contributed by atoms with Crippen LogP contribution in [0, 0.1) is 23.7 Å². The third kappa shape index (κ3) is 2.65. The molecule has 1 aliphatic rings. The third-order valence-electron chi connectivity index (χ3n) is 4.13. The number of para-hydroxylation sites is 1. The Bertz CT molecular complexity index is 903. The van der Waals surface area contributed by atoms with E-state index >= 15 is 0 Å². The second kappa shape index (κ2) is 6.32. The summed E-state index contributed by atoms with van der Waals surface area (Å²) in [5.74, 6) is 2.40. The molecule has 0 amide bonds. The number of alkyl halides is 1. The molecule has 2 heterocycles. The van der Waals surface area contributed by atoms with Crippen molar-refractivity contribution < 1.29 is 0 Å². The van der Waals surface area contributed by atoms with E-state index in [1.165, 1.54) is 11.1 Å². The van der Waals surface area contributed by atoms with Crippen LogP contribution >= 0.6 is 11.6 Å². The maximum Gasteiger partial charge on any atom is 0.184 e. The predicted octanol–water partition coefficient (Wildman–Crippen LogP) is 4.04. The van der Waals surface area contributed by atoms with Gasteiger partial charge >= 0.3 is 0 Å². The van der Waals surface area contributed by atoms with Gasteiger partial charge in [0, 0.05) is 23.7 Å². The fourth-order valence-electron chi connectivity index (χ4n) is 3.13. The number of terminal acetylenes is 1. The summed E-state index contributed by atoms with van der Waals surface area (Å²) in [7, 11) is 0. The summed E-state index contributed by atoms with van der Waals surface area (Å²) < 4.78 is 2.24. The lowest BCUT2D eigenvalue weighted by Gasteiger charge is -2.14. The number of hydrogen-bond donors (Lipinski definition) is 0. The fraction of sp³-hybridized carbons (Fsp3) is 0.263. The minimum absolute atomic E-state index is 0.481. The zero-order chi connectivity index (χ0) is 16.4. The molecule has 1 aliphatic heterocycles. The van der Waals surface area contributed by atoms with Gasteiger partial charge in [-0.25, -0.2) is 0 Å². The number of benzene rings is 1. The first-order chi connectivity index (χ1) is 11.2. The number of halogens is 1. The number of rotatable bonds is 3. The fourth-order valence-corrected chi connectivity index (χ4v) is 3.23. The van der Waals surface area contributed by atoms with Gasteiger partial charge in [0.1, 0.15) is 6.07 Å². The van der Waals surface area contributed by atoms with Gasteiger partial charge in [-0.1, -0.05) is 41.8 Å². The van der Waals surface area contributed by atoms with E-state index in [1.807, 2.05) is 6.92 Å². The Morgan fingerprint density at radius 1 is 1.52 bits per heavy atom. The van der Waals surface area contributed by atoms with E-state index in [4.69, 9.17) is 18.0 Å². The van der Waals surface area contributed by atoms with Gasteiger partial charge in [-0.15, -0.1) is 6.42 Å². The second-order valence-electron chi connectivity index (χ2n) is 5.45. The van der Waals surface area contributed by atoms with Crippen LogP contribution in [0.4, 0.5) is 0 Å². The van der Waals surface area contributed by atoms with Crippen molar-refractivity contribution in [3.8, 4) is 18.4 Å². The Kier molecular flexibility index (Phi) is 4.24. The van der Waals surface area contributed by atoms with Gasteiger partial charge < -0.3 is 4.57 Å². The van der Waals surface area contributed by atoms with Crippen LogP contribution in [0.3, 0.4) is 0 Å². The molecule has 23 heavy (non-hydrogen) atoms. The maximum atomic E-state index is 9.45. The molecular weight excluding hydrogens is 306 g/mol. The molecule has 2 aromatic rings. The van der Waals surface area contributed by atoms with Crippen molar-refractivity contribution in [2.75, 3.05) is 0 Å². The van der Waals surface area contributed by atoms with Crippen LogP contribution in [0.1, 0.15) is 24.5 Å². The normalized spacial score (nSPS) is 16.0. The monoisotopic (exact) mass is 321 g/mol. The Labute approximate surface area is 140 Å². The minimum Gasteiger partial charge on any atom is -0.347 e. The largest absolute Gasteiger partial charge is 0.347 e. The summed E-state index contributed by atoms with van der Waals surface area (Å²) in [5, 5.41) is 10.5. The van der Waals surface area contributed by atoms with E-state index in [2.05, 4.69) is 45.9 Å². The number of aryl methyl sites for hydroxylation is 2. The van der Waals surface area contributed by atoms with Gasteiger partial charge in [-0.3, -0.25) is 4.99 Å². The van der Waals surface area contributed by atoms with Gasteiger partial charge in [0.15, 0.2) is 5.50 Å². The first-order valence-electron chi connectivity index (χ1n) is 7.55. The van der Waals surface area contributed by atoms with Crippen LogP contribution < -0.4 is 0 Å². The van der Waals surface area contributed by atoms with Crippen molar-refractivity contribution in [1.82, 2.24) is 4.57 Å². The molecular formula is C19H16ClN3. The number of nitriles is 1. The highest BCUT2D eigenvalue weighted by atomic mass is 35.5. The average molecular weight is 322 g/mol. The average Bonchev–Trinajstić information content (AvgIpc) is 2.96. The van der Waals surface area contributed by atoms with Crippen molar-refractivity contribution in [1.29, 1.82) is 5.26 Å². The van der Waals surface area contributed by atoms with Crippen LogP contribution in [-0.2, 0) is 13.0 Å². The molecule has 3 nitrogen and oxygen atoms in total. The molecule has 0 fully saturated rings. The molecule has 1 aromatic heterocycles. The van der Waals surface area contributed by atoms with Gasteiger partial charge in [-0.2, -0.15) is 5.26 Å². The zero-order valence-corrected chi connectivity index (χ0v) is 13.6. The van der Waals surface area contributed by atoms with E-state index in [9.17, 15) is 5.26 Å². The molecule has 0 saturated heterocycles. The van der Waals surface area contributed by atoms with E-state index in [-0.39, 0.29) is 0 Å². The standard InChI is InChI=1S/C19H16ClN3/c1-3-13(11-21)18(22-17(20)4-2)16-12-23-10-6-8-14-7-5-9-15(16)19(14)23/h2-3,5,7,9,12,17H,6,8,10H2,1H3/b13-3-,22-18+. The Hall–Kier alpha value is -2.49. The summed E-state index contributed by atoms with van der Waals surface area (Å²) in [5.41, 5.74) is 3.73. The van der Waals surface area contributed by atoms with Crippen LogP contribution in [-0.4, -0.2) is 15.8 Å². The number of allylic oxidation sites excluding steroid dienone is 2. The molecule has 114 valence electrons. The van der Waals surface area contributed by atoms with Crippen LogP contribution in [0.5, 0.6) is 0 Å². The second-order valence-corrected chi connectivity index (χ2v) is 5.86. The topological polar surface area (TPSA) is 41.1 Å². The van der Waals surface area contributed by atoms with E-state index in [1.54, 1.807) is 6.08 Å². The maximum absolute atomic E-state index is 9.45. The number of hydrogen-bond acceptors (Lipinski definition) is 2. The Balaban J connectivity index is 2.29. The molecule has 1 unspecified atom stereocenters. The Morgan fingerprint density at radius 3 is 3.04 bits per heavy atom. The zero-order valence-electron chi connectivity index (χ0n) is 12.9. The van der Waals surface area contributed by atoms with Crippen molar-refractivity contribution in [2.24, 2.45) is 4.99 Å². The van der Waals surface area contributed by atoms with Crippen LogP contribution in [0.15, 0.2) is 41.0 Å². The van der Waals surface area contributed by atoms with Crippen molar-refractivity contribution in [3.05, 3.63) is 47.2 Å². The molecule has 0 bridgehead atoms. The molecule has 1 atom stereocenters. The molecule has 0 N–H and O–H groups in total. The molecule has 3 rings (SSSR count). The third-order valence-corrected chi connectivity index (χ3v) is 4.35. The SMILES string of the molecule is C#CC(Cl)/N=C(\C(C#N)=C/C)c1cn2c3c(cccc13)CCC2. The van der Waals surface area contributed by atoms with E-state index in [0.29, 0.717) is 11.3 Å². The van der Waals surface area contributed by atoms with Gasteiger partial charge in [0.25, 0.3) is 0 Å². The lowest BCUT2D eigenvalue weighted by atomic mass is 9.99. The molecule has 0 radical (unpaired) electrons. The van der Waals surface area contributed by atoms with E-state index < -0.39 is 5.50 Å². The molecule has 1 aromatic carbocycles. The van der Waals surface area contributed by atoms with Gasteiger partial charge in [0.05, 0.1) is 16.8 Å². The van der Waals surface area contributed by atoms with E-state index in [0.717, 1.165) is 30.3 Å². The van der Waals surface area contributed by atoms with Crippen LogP contribution in [0.25, 0.3) is 10.9 Å². The number of aliphatic imine (C=N–C) groups is 1. The summed E-state index contributed by atoms with van der Waals surface area (Å²) in [6.45, 7) is 2.79. The summed E-state index contributed by atoms with van der Waals surface area (Å²) >= 11 is 6.04. The van der Waals surface area contributed by atoms with Gasteiger partial charge in [0.2, 0.25) is 0 Å². The molecule has 0 aliphatic carbocycles. The van der Waals surface area contributed by atoms with Gasteiger partial charge in [-0.05, 0) is 25.3 Å². The lowest BCUT2D eigenvalue weighted by molar-refractivity contribution is 0.636. The highest BCUT2D eigenvalue weighted by Gasteiger charge is 2.21. The predicted molar refractivity (Wildman–Crippen MR) is 94.6 cm³/mol. The summed E-state index contributed by atoms with van der Waals surface area (Å²) in [6.07, 6.45) is 11.4. The molecule has 0 spiro atoms. The highest BCUT2D eigenvalue weighted by molar-refractivity contribution is 6.26.